The molecule has 0 aliphatic carbocycles. The fourth-order valence-corrected chi connectivity index (χ4v) is 3.88. The van der Waals surface area contributed by atoms with Crippen molar-refractivity contribution in [2.45, 2.75) is 17.9 Å². The number of hydrogen-bond acceptors (Lipinski definition) is 5. The molecule has 0 saturated heterocycles. The lowest BCUT2D eigenvalue weighted by molar-refractivity contribution is -0.147. The maximum atomic E-state index is 12.4. The monoisotopic (exact) mass is 426 g/mol. The van der Waals surface area contributed by atoms with E-state index in [2.05, 4.69) is 10.0 Å². The molecule has 2 N–H and O–H groups in total. The van der Waals surface area contributed by atoms with Gasteiger partial charge in [-0.25, -0.2) is 8.42 Å². The first kappa shape index (κ1) is 21.5. The normalized spacial score (nSPS) is 12.3. The number of carbonyl (C=O) groups is 2. The Morgan fingerprint density at radius 3 is 2.33 bits per heavy atom. The SMILES string of the molecule is C[C@H](NC(=O)COC(=O)CNS(=O)(=O)c1ccc2ccccc2c1)c1ccccc1. The lowest BCUT2D eigenvalue weighted by Gasteiger charge is -2.14. The summed E-state index contributed by atoms with van der Waals surface area (Å²) in [7, 11) is -3.89. The van der Waals surface area contributed by atoms with Crippen LogP contribution in [-0.4, -0.2) is 33.4 Å². The largest absolute Gasteiger partial charge is 0.455 e. The van der Waals surface area contributed by atoms with Gasteiger partial charge in [0.15, 0.2) is 6.61 Å². The number of ether oxygens (including phenoxy) is 1. The number of rotatable bonds is 8. The summed E-state index contributed by atoms with van der Waals surface area (Å²) in [5, 5.41) is 4.39. The minimum absolute atomic E-state index is 0.0448. The maximum absolute atomic E-state index is 12.4. The first-order chi connectivity index (χ1) is 14.3. The van der Waals surface area contributed by atoms with Crippen molar-refractivity contribution in [3.05, 3.63) is 78.4 Å². The summed E-state index contributed by atoms with van der Waals surface area (Å²) in [6, 6.07) is 21.1. The molecule has 3 aromatic carbocycles. The lowest BCUT2D eigenvalue weighted by Crippen LogP contribution is -2.34. The number of nitrogens with one attached hydrogen (secondary N) is 2. The van der Waals surface area contributed by atoms with Crippen LogP contribution >= 0.6 is 0 Å². The number of esters is 1. The summed E-state index contributed by atoms with van der Waals surface area (Å²) in [4.78, 5) is 23.9. The predicted molar refractivity (Wildman–Crippen MR) is 113 cm³/mol. The average Bonchev–Trinajstić information content (AvgIpc) is 2.76. The van der Waals surface area contributed by atoms with Gasteiger partial charge in [-0.3, -0.25) is 9.59 Å². The van der Waals surface area contributed by atoms with Crippen molar-refractivity contribution in [2.24, 2.45) is 0 Å². The van der Waals surface area contributed by atoms with Gasteiger partial charge in [0.1, 0.15) is 6.54 Å². The van der Waals surface area contributed by atoms with E-state index in [1.54, 1.807) is 12.1 Å². The van der Waals surface area contributed by atoms with E-state index in [-0.39, 0.29) is 10.9 Å². The molecule has 0 spiro atoms. The zero-order valence-electron chi connectivity index (χ0n) is 16.4. The lowest BCUT2D eigenvalue weighted by atomic mass is 10.1. The molecule has 0 aliphatic heterocycles. The summed E-state index contributed by atoms with van der Waals surface area (Å²) in [6.07, 6.45) is 0. The van der Waals surface area contributed by atoms with Crippen LogP contribution in [0.5, 0.6) is 0 Å². The Labute approximate surface area is 175 Å². The van der Waals surface area contributed by atoms with Gasteiger partial charge in [0.2, 0.25) is 10.0 Å². The number of amides is 1. The van der Waals surface area contributed by atoms with Crippen LogP contribution in [0.25, 0.3) is 10.8 Å². The van der Waals surface area contributed by atoms with Gasteiger partial charge in [-0.1, -0.05) is 60.7 Å². The van der Waals surface area contributed by atoms with Crippen molar-refractivity contribution in [1.82, 2.24) is 10.0 Å². The molecule has 0 radical (unpaired) electrons. The molecule has 8 heteroatoms. The van der Waals surface area contributed by atoms with Gasteiger partial charge in [0.05, 0.1) is 10.9 Å². The van der Waals surface area contributed by atoms with Gasteiger partial charge >= 0.3 is 5.97 Å². The molecule has 0 heterocycles. The molecular weight excluding hydrogens is 404 g/mol. The predicted octanol–water partition coefficient (Wildman–Crippen LogP) is 2.54. The van der Waals surface area contributed by atoms with Crippen molar-refractivity contribution in [3.63, 3.8) is 0 Å². The van der Waals surface area contributed by atoms with Crippen molar-refractivity contribution < 1.29 is 22.7 Å². The number of sulfonamides is 1. The topological polar surface area (TPSA) is 102 Å². The second-order valence-electron chi connectivity index (χ2n) is 6.69. The summed E-state index contributed by atoms with van der Waals surface area (Å²) in [6.45, 7) is 0.747. The Balaban J connectivity index is 1.49. The molecule has 0 saturated carbocycles. The molecule has 3 aromatic rings. The number of benzene rings is 3. The third kappa shape index (κ3) is 5.65. The molecule has 0 unspecified atom stereocenters. The standard InChI is InChI=1S/C22H22N2O5S/c1-16(17-7-3-2-4-8-17)24-21(25)15-29-22(26)14-23-30(27,28)20-12-11-18-9-5-6-10-19(18)13-20/h2-13,16,23H,14-15H2,1H3,(H,24,25)/t16-/m0/s1. The molecule has 3 rings (SSSR count). The fourth-order valence-electron chi connectivity index (χ4n) is 2.88. The van der Waals surface area contributed by atoms with Crippen LogP contribution in [0.15, 0.2) is 77.7 Å². The number of hydrogen-bond donors (Lipinski definition) is 2. The van der Waals surface area contributed by atoms with Crippen molar-refractivity contribution >= 4 is 32.7 Å². The summed E-state index contributed by atoms with van der Waals surface area (Å²) in [5.74, 6) is -1.32. The van der Waals surface area contributed by atoms with Crippen LogP contribution in [-0.2, 0) is 24.3 Å². The van der Waals surface area contributed by atoms with Crippen LogP contribution < -0.4 is 10.0 Å². The molecule has 1 amide bonds. The smallest absolute Gasteiger partial charge is 0.321 e. The Kier molecular flexibility index (Phi) is 6.81. The molecule has 0 fully saturated rings. The Bertz CT molecular complexity index is 1150. The minimum atomic E-state index is -3.89. The molecule has 156 valence electrons. The quantitative estimate of drug-likeness (QED) is 0.539. The van der Waals surface area contributed by atoms with E-state index in [0.29, 0.717) is 0 Å². The third-order valence-electron chi connectivity index (χ3n) is 4.48. The highest BCUT2D eigenvalue weighted by atomic mass is 32.2. The fraction of sp³-hybridized carbons (Fsp3) is 0.182. The van der Waals surface area contributed by atoms with E-state index in [0.717, 1.165) is 16.3 Å². The zero-order valence-corrected chi connectivity index (χ0v) is 17.2. The summed E-state index contributed by atoms with van der Waals surface area (Å²) in [5.41, 5.74) is 0.917. The molecule has 1 atom stereocenters. The van der Waals surface area contributed by atoms with E-state index < -0.39 is 35.1 Å². The van der Waals surface area contributed by atoms with Crippen molar-refractivity contribution in [1.29, 1.82) is 0 Å². The third-order valence-corrected chi connectivity index (χ3v) is 5.88. The first-order valence-corrected chi connectivity index (χ1v) is 10.8. The van der Waals surface area contributed by atoms with Gasteiger partial charge in [-0.2, -0.15) is 4.72 Å². The molecule has 0 bridgehead atoms. The van der Waals surface area contributed by atoms with Crippen LogP contribution in [0.2, 0.25) is 0 Å². The van der Waals surface area contributed by atoms with Gasteiger partial charge in [0.25, 0.3) is 5.91 Å². The average molecular weight is 426 g/mol. The molecule has 30 heavy (non-hydrogen) atoms. The first-order valence-electron chi connectivity index (χ1n) is 9.33. The maximum Gasteiger partial charge on any atom is 0.321 e. The number of fused-ring (bicyclic) bond motifs is 1. The molecular formula is C22H22N2O5S. The Hall–Kier alpha value is -3.23. The Morgan fingerprint density at radius 2 is 1.60 bits per heavy atom. The molecule has 0 aliphatic rings. The van der Waals surface area contributed by atoms with E-state index in [4.69, 9.17) is 4.74 Å². The van der Waals surface area contributed by atoms with E-state index in [1.165, 1.54) is 12.1 Å². The molecule has 7 nitrogen and oxygen atoms in total. The number of carbonyl (C=O) groups excluding carboxylic acids is 2. The van der Waals surface area contributed by atoms with Crippen molar-refractivity contribution in [3.8, 4) is 0 Å². The van der Waals surface area contributed by atoms with Gasteiger partial charge < -0.3 is 10.1 Å². The second kappa shape index (κ2) is 9.51. The van der Waals surface area contributed by atoms with Gasteiger partial charge in [0, 0.05) is 0 Å². The summed E-state index contributed by atoms with van der Waals surface area (Å²) < 4.78 is 31.9. The zero-order chi connectivity index (χ0) is 21.6. The van der Waals surface area contributed by atoms with Crippen LogP contribution in [0.4, 0.5) is 0 Å². The van der Waals surface area contributed by atoms with Crippen LogP contribution in [0.1, 0.15) is 18.5 Å². The van der Waals surface area contributed by atoms with Gasteiger partial charge in [-0.15, -0.1) is 0 Å². The summed E-state index contributed by atoms with van der Waals surface area (Å²) >= 11 is 0. The minimum Gasteiger partial charge on any atom is -0.455 e. The van der Waals surface area contributed by atoms with Crippen LogP contribution in [0, 0.1) is 0 Å². The van der Waals surface area contributed by atoms with Crippen LogP contribution in [0.3, 0.4) is 0 Å². The Morgan fingerprint density at radius 1 is 0.933 bits per heavy atom. The highest BCUT2D eigenvalue weighted by molar-refractivity contribution is 7.89. The second-order valence-corrected chi connectivity index (χ2v) is 8.46. The van der Waals surface area contributed by atoms with Gasteiger partial charge in [-0.05, 0) is 35.4 Å². The van der Waals surface area contributed by atoms with E-state index in [9.17, 15) is 18.0 Å². The molecule has 0 aromatic heterocycles. The van der Waals surface area contributed by atoms with E-state index >= 15 is 0 Å². The van der Waals surface area contributed by atoms with E-state index in [1.807, 2.05) is 55.5 Å². The highest BCUT2D eigenvalue weighted by Crippen LogP contribution is 2.18. The van der Waals surface area contributed by atoms with Crippen molar-refractivity contribution in [2.75, 3.05) is 13.2 Å². The highest BCUT2D eigenvalue weighted by Gasteiger charge is 2.17.